The molecule has 0 saturated heterocycles. The van der Waals surface area contributed by atoms with Gasteiger partial charge in [-0.3, -0.25) is 0 Å². The molecule has 0 amide bonds. The Bertz CT molecular complexity index is 619. The molecule has 2 rings (SSSR count). The van der Waals surface area contributed by atoms with Gasteiger partial charge in [0.2, 0.25) is 0 Å². The molecule has 3 nitrogen and oxygen atoms in total. The smallest absolute Gasteiger partial charge is 0.179 e. The zero-order chi connectivity index (χ0) is 15.2. The number of nitrogens with one attached hydrogen (secondary N) is 1. The van der Waals surface area contributed by atoms with Crippen molar-refractivity contribution in [1.29, 1.82) is 0 Å². The van der Waals surface area contributed by atoms with E-state index in [-0.39, 0.29) is 0 Å². The lowest BCUT2D eigenvalue weighted by Crippen LogP contribution is -2.13. The number of hydrogen-bond donors (Lipinski definition) is 1. The van der Waals surface area contributed by atoms with E-state index >= 15 is 0 Å². The fourth-order valence-corrected chi connectivity index (χ4v) is 2.77. The van der Waals surface area contributed by atoms with Crippen molar-refractivity contribution in [3.63, 3.8) is 0 Å². The molecule has 5 heteroatoms. The minimum atomic E-state index is 0.569. The Morgan fingerprint density at radius 1 is 1.00 bits per heavy atom. The third kappa shape index (κ3) is 3.90. The lowest BCUT2D eigenvalue weighted by Gasteiger charge is -2.13. The zero-order valence-electron chi connectivity index (χ0n) is 12.0. The van der Waals surface area contributed by atoms with Gasteiger partial charge in [-0.25, -0.2) is 0 Å². The maximum atomic E-state index is 6.35. The molecule has 2 aromatic rings. The lowest BCUT2D eigenvalue weighted by atomic mass is 10.2. The third-order valence-corrected chi connectivity index (χ3v) is 4.34. The number of hydrogen-bond acceptors (Lipinski definition) is 3. The lowest BCUT2D eigenvalue weighted by molar-refractivity contribution is 0.354. The van der Waals surface area contributed by atoms with Gasteiger partial charge in [0, 0.05) is 17.6 Å². The Balaban J connectivity index is 2.05. The van der Waals surface area contributed by atoms with Crippen molar-refractivity contribution in [2.24, 2.45) is 0 Å². The van der Waals surface area contributed by atoms with E-state index in [2.05, 4.69) is 27.3 Å². The zero-order valence-corrected chi connectivity index (χ0v) is 14.3. The third-order valence-electron chi connectivity index (χ3n) is 3.15. The van der Waals surface area contributed by atoms with E-state index in [1.54, 1.807) is 14.2 Å². The number of benzene rings is 2. The maximum Gasteiger partial charge on any atom is 0.179 e. The summed E-state index contributed by atoms with van der Waals surface area (Å²) in [7, 11) is 3.18. The largest absolute Gasteiger partial charge is 0.493 e. The van der Waals surface area contributed by atoms with Gasteiger partial charge in [-0.15, -0.1) is 0 Å². The molecule has 0 unspecified atom stereocenters. The normalized spacial score (nSPS) is 10.5. The molecular formula is C16H17BrClNO2. The van der Waals surface area contributed by atoms with Crippen LogP contribution in [0.4, 0.5) is 0 Å². The molecule has 0 spiro atoms. The van der Waals surface area contributed by atoms with Crippen LogP contribution in [0.5, 0.6) is 11.5 Å². The molecule has 0 fully saturated rings. The monoisotopic (exact) mass is 369 g/mol. The van der Waals surface area contributed by atoms with Gasteiger partial charge in [0.15, 0.2) is 11.5 Å². The highest BCUT2D eigenvalue weighted by molar-refractivity contribution is 9.10. The SMILES string of the molecule is COc1ccc(CNCc2ccccc2Br)c(Cl)c1OC. The first kappa shape index (κ1) is 16.1. The highest BCUT2D eigenvalue weighted by Crippen LogP contribution is 2.37. The van der Waals surface area contributed by atoms with Crippen LogP contribution in [0.25, 0.3) is 0 Å². The first-order valence-electron chi connectivity index (χ1n) is 6.50. The van der Waals surface area contributed by atoms with Crippen LogP contribution in [0.2, 0.25) is 5.02 Å². The molecule has 0 aliphatic carbocycles. The molecule has 1 N–H and O–H groups in total. The molecule has 0 aromatic heterocycles. The van der Waals surface area contributed by atoms with Crippen LogP contribution in [0, 0.1) is 0 Å². The standard InChI is InChI=1S/C16H17BrClNO2/c1-20-14-8-7-12(15(18)16(14)21-2)10-19-9-11-5-3-4-6-13(11)17/h3-8,19H,9-10H2,1-2H3. The van der Waals surface area contributed by atoms with Crippen molar-refractivity contribution in [1.82, 2.24) is 5.32 Å². The van der Waals surface area contributed by atoms with E-state index in [4.69, 9.17) is 21.1 Å². The van der Waals surface area contributed by atoms with Gasteiger partial charge in [-0.05, 0) is 23.3 Å². The van der Waals surface area contributed by atoms with Crippen molar-refractivity contribution >= 4 is 27.5 Å². The van der Waals surface area contributed by atoms with E-state index < -0.39 is 0 Å². The predicted molar refractivity (Wildman–Crippen MR) is 89.2 cm³/mol. The Morgan fingerprint density at radius 2 is 1.71 bits per heavy atom. The summed E-state index contributed by atoms with van der Waals surface area (Å²) in [5.74, 6) is 1.21. The number of halogens is 2. The quantitative estimate of drug-likeness (QED) is 0.817. The van der Waals surface area contributed by atoms with Gasteiger partial charge in [0.05, 0.1) is 19.2 Å². The van der Waals surface area contributed by atoms with Crippen LogP contribution >= 0.6 is 27.5 Å². The summed E-state index contributed by atoms with van der Waals surface area (Å²) in [6.45, 7) is 1.41. The molecule has 0 heterocycles. The van der Waals surface area contributed by atoms with Gasteiger partial charge < -0.3 is 14.8 Å². The van der Waals surface area contributed by atoms with Crippen LogP contribution in [-0.4, -0.2) is 14.2 Å². The Labute approximate surface area is 138 Å². The van der Waals surface area contributed by atoms with E-state index in [1.807, 2.05) is 30.3 Å². The topological polar surface area (TPSA) is 30.5 Å². The number of ether oxygens (including phenoxy) is 2. The maximum absolute atomic E-state index is 6.35. The molecule has 112 valence electrons. The highest BCUT2D eigenvalue weighted by Gasteiger charge is 2.12. The molecule has 0 aliphatic rings. The second-order valence-corrected chi connectivity index (χ2v) is 5.70. The summed E-state index contributed by atoms with van der Waals surface area (Å²) >= 11 is 9.89. The first-order chi connectivity index (χ1) is 10.2. The number of rotatable bonds is 6. The summed E-state index contributed by atoms with van der Waals surface area (Å²) in [5, 5.41) is 3.96. The minimum Gasteiger partial charge on any atom is -0.493 e. The molecule has 2 aromatic carbocycles. The summed E-state index contributed by atoms with van der Waals surface area (Å²) in [6.07, 6.45) is 0. The second kappa shape index (κ2) is 7.69. The van der Waals surface area contributed by atoms with E-state index in [1.165, 1.54) is 5.56 Å². The molecule has 0 bridgehead atoms. The van der Waals surface area contributed by atoms with Crippen LogP contribution < -0.4 is 14.8 Å². The van der Waals surface area contributed by atoms with E-state index in [0.29, 0.717) is 23.1 Å². The summed E-state index contributed by atoms with van der Waals surface area (Å²) in [6, 6.07) is 11.9. The van der Waals surface area contributed by atoms with E-state index in [9.17, 15) is 0 Å². The predicted octanol–water partition coefficient (Wildman–Crippen LogP) is 4.41. The van der Waals surface area contributed by atoms with Crippen LogP contribution in [-0.2, 0) is 13.1 Å². The molecule has 0 atom stereocenters. The van der Waals surface area contributed by atoms with Crippen molar-refractivity contribution in [3.05, 3.63) is 57.0 Å². The average Bonchev–Trinajstić information content (AvgIpc) is 2.50. The summed E-state index contributed by atoms with van der Waals surface area (Å²) in [4.78, 5) is 0. The molecule has 21 heavy (non-hydrogen) atoms. The average molecular weight is 371 g/mol. The Morgan fingerprint density at radius 3 is 2.38 bits per heavy atom. The minimum absolute atomic E-state index is 0.569. The second-order valence-electron chi connectivity index (χ2n) is 4.47. The van der Waals surface area contributed by atoms with E-state index in [0.717, 1.165) is 16.6 Å². The molecule has 0 radical (unpaired) electrons. The van der Waals surface area contributed by atoms with Crippen LogP contribution in [0.3, 0.4) is 0 Å². The van der Waals surface area contributed by atoms with Crippen LogP contribution in [0.15, 0.2) is 40.9 Å². The fraction of sp³-hybridized carbons (Fsp3) is 0.250. The van der Waals surface area contributed by atoms with Crippen molar-refractivity contribution in [3.8, 4) is 11.5 Å². The van der Waals surface area contributed by atoms with Crippen LogP contribution in [0.1, 0.15) is 11.1 Å². The van der Waals surface area contributed by atoms with Gasteiger partial charge in [0.25, 0.3) is 0 Å². The van der Waals surface area contributed by atoms with Crippen molar-refractivity contribution in [2.75, 3.05) is 14.2 Å². The molecular weight excluding hydrogens is 354 g/mol. The Hall–Kier alpha value is -1.23. The van der Waals surface area contributed by atoms with Crippen molar-refractivity contribution < 1.29 is 9.47 Å². The summed E-state index contributed by atoms with van der Waals surface area (Å²) < 4.78 is 11.6. The fourth-order valence-electron chi connectivity index (χ4n) is 2.04. The summed E-state index contributed by atoms with van der Waals surface area (Å²) in [5.41, 5.74) is 2.18. The highest BCUT2D eigenvalue weighted by atomic mass is 79.9. The number of methoxy groups -OCH3 is 2. The van der Waals surface area contributed by atoms with Gasteiger partial charge >= 0.3 is 0 Å². The molecule has 0 saturated carbocycles. The molecule has 0 aliphatic heterocycles. The Kier molecular flexibility index (Phi) is 5.91. The van der Waals surface area contributed by atoms with Gasteiger partial charge in [-0.2, -0.15) is 0 Å². The first-order valence-corrected chi connectivity index (χ1v) is 7.68. The van der Waals surface area contributed by atoms with Gasteiger partial charge in [0.1, 0.15) is 0 Å². The van der Waals surface area contributed by atoms with Gasteiger partial charge in [-0.1, -0.05) is 51.8 Å². The van der Waals surface area contributed by atoms with Crippen molar-refractivity contribution in [2.45, 2.75) is 13.1 Å².